The van der Waals surface area contributed by atoms with Gasteiger partial charge >= 0.3 is 6.09 Å². The highest BCUT2D eigenvalue weighted by molar-refractivity contribution is 5.78. The number of rotatable bonds is 3. The molecule has 1 saturated heterocycles. The SMILES string of the molecule is COCC(=O)N1CCN(C(=O)Oc2ccccc2)CC1. The van der Waals surface area contributed by atoms with Crippen molar-refractivity contribution in [2.75, 3.05) is 39.9 Å². The lowest BCUT2D eigenvalue weighted by atomic mass is 10.3. The van der Waals surface area contributed by atoms with Crippen molar-refractivity contribution in [1.29, 1.82) is 0 Å². The van der Waals surface area contributed by atoms with Crippen LogP contribution < -0.4 is 4.74 Å². The van der Waals surface area contributed by atoms with Crippen molar-refractivity contribution in [2.45, 2.75) is 0 Å². The Kier molecular flexibility index (Phi) is 4.95. The van der Waals surface area contributed by atoms with Gasteiger partial charge in [-0.05, 0) is 12.1 Å². The van der Waals surface area contributed by atoms with E-state index in [1.165, 1.54) is 7.11 Å². The van der Waals surface area contributed by atoms with E-state index in [-0.39, 0.29) is 18.6 Å². The molecule has 6 nitrogen and oxygen atoms in total. The molecule has 0 unspecified atom stereocenters. The van der Waals surface area contributed by atoms with Crippen molar-refractivity contribution in [1.82, 2.24) is 9.80 Å². The second-order valence-electron chi connectivity index (χ2n) is 4.48. The minimum atomic E-state index is -0.380. The van der Waals surface area contributed by atoms with Crippen LogP contribution in [0.15, 0.2) is 30.3 Å². The van der Waals surface area contributed by atoms with Crippen LogP contribution in [0.25, 0.3) is 0 Å². The first-order valence-corrected chi connectivity index (χ1v) is 6.49. The third kappa shape index (κ3) is 3.71. The zero-order chi connectivity index (χ0) is 14.4. The number of carbonyl (C=O) groups is 2. The van der Waals surface area contributed by atoms with E-state index < -0.39 is 0 Å². The van der Waals surface area contributed by atoms with Crippen LogP contribution in [0.5, 0.6) is 5.75 Å². The monoisotopic (exact) mass is 278 g/mol. The average molecular weight is 278 g/mol. The number of para-hydroxylation sites is 1. The summed E-state index contributed by atoms with van der Waals surface area (Å²) in [7, 11) is 1.49. The van der Waals surface area contributed by atoms with Crippen LogP contribution in [0.1, 0.15) is 0 Å². The Labute approximate surface area is 117 Å². The average Bonchev–Trinajstić information content (AvgIpc) is 2.48. The van der Waals surface area contributed by atoms with Gasteiger partial charge in [-0.25, -0.2) is 4.79 Å². The van der Waals surface area contributed by atoms with E-state index in [0.29, 0.717) is 31.9 Å². The molecule has 108 valence electrons. The van der Waals surface area contributed by atoms with Crippen LogP contribution in [0.2, 0.25) is 0 Å². The van der Waals surface area contributed by atoms with Gasteiger partial charge in [0.2, 0.25) is 5.91 Å². The molecule has 1 heterocycles. The van der Waals surface area contributed by atoms with Crippen molar-refractivity contribution in [2.24, 2.45) is 0 Å². The number of hydrogen-bond acceptors (Lipinski definition) is 4. The number of nitrogens with zero attached hydrogens (tertiary/aromatic N) is 2. The van der Waals surface area contributed by atoms with E-state index in [2.05, 4.69) is 0 Å². The fourth-order valence-electron chi connectivity index (χ4n) is 2.01. The molecule has 2 amide bonds. The maximum atomic E-state index is 11.9. The molecule has 1 aromatic carbocycles. The highest BCUT2D eigenvalue weighted by Gasteiger charge is 2.25. The quantitative estimate of drug-likeness (QED) is 0.827. The molecule has 1 aliphatic rings. The Morgan fingerprint density at radius 2 is 1.65 bits per heavy atom. The van der Waals surface area contributed by atoms with E-state index in [1.54, 1.807) is 21.9 Å². The summed E-state index contributed by atoms with van der Waals surface area (Å²) in [6.45, 7) is 2.04. The number of ether oxygens (including phenoxy) is 2. The van der Waals surface area contributed by atoms with Crippen molar-refractivity contribution in [3.63, 3.8) is 0 Å². The van der Waals surface area contributed by atoms with Gasteiger partial charge in [-0.15, -0.1) is 0 Å². The lowest BCUT2D eigenvalue weighted by Crippen LogP contribution is -2.52. The molecule has 0 N–H and O–H groups in total. The van der Waals surface area contributed by atoms with Gasteiger partial charge in [0.25, 0.3) is 0 Å². The second kappa shape index (κ2) is 6.91. The number of methoxy groups -OCH3 is 1. The van der Waals surface area contributed by atoms with Gasteiger partial charge in [0.05, 0.1) is 0 Å². The van der Waals surface area contributed by atoms with Gasteiger partial charge in [0, 0.05) is 33.3 Å². The van der Waals surface area contributed by atoms with Crippen molar-refractivity contribution in [3.8, 4) is 5.75 Å². The van der Waals surface area contributed by atoms with E-state index >= 15 is 0 Å². The third-order valence-electron chi connectivity index (χ3n) is 3.11. The maximum Gasteiger partial charge on any atom is 0.415 e. The van der Waals surface area contributed by atoms with E-state index in [4.69, 9.17) is 9.47 Å². The van der Waals surface area contributed by atoms with Crippen LogP contribution in [-0.4, -0.2) is 61.7 Å². The summed E-state index contributed by atoms with van der Waals surface area (Å²) in [5.74, 6) is 0.471. The maximum absolute atomic E-state index is 11.9. The Morgan fingerprint density at radius 3 is 2.25 bits per heavy atom. The van der Waals surface area contributed by atoms with Crippen LogP contribution in [0, 0.1) is 0 Å². The van der Waals surface area contributed by atoms with Crippen molar-refractivity contribution < 1.29 is 19.1 Å². The smallest absolute Gasteiger partial charge is 0.410 e. The topological polar surface area (TPSA) is 59.1 Å². The van der Waals surface area contributed by atoms with Gasteiger partial charge in [-0.3, -0.25) is 4.79 Å². The lowest BCUT2D eigenvalue weighted by molar-refractivity contribution is -0.136. The zero-order valence-electron chi connectivity index (χ0n) is 11.4. The van der Waals surface area contributed by atoms with Gasteiger partial charge in [-0.2, -0.15) is 0 Å². The Balaban J connectivity index is 1.81. The standard InChI is InChI=1S/C14H18N2O4/c1-19-11-13(17)15-7-9-16(10-8-15)14(18)20-12-5-3-2-4-6-12/h2-6H,7-11H2,1H3. The number of hydrogen-bond donors (Lipinski definition) is 0. The molecule has 1 fully saturated rings. The summed E-state index contributed by atoms with van der Waals surface area (Å²) in [5, 5.41) is 0. The van der Waals surface area contributed by atoms with Crippen molar-refractivity contribution in [3.05, 3.63) is 30.3 Å². The van der Waals surface area contributed by atoms with Gasteiger partial charge < -0.3 is 19.3 Å². The summed E-state index contributed by atoms with van der Waals surface area (Å²) in [6.07, 6.45) is -0.380. The fourth-order valence-corrected chi connectivity index (χ4v) is 2.01. The largest absolute Gasteiger partial charge is 0.415 e. The third-order valence-corrected chi connectivity index (χ3v) is 3.11. The molecule has 1 aliphatic heterocycles. The minimum Gasteiger partial charge on any atom is -0.410 e. The Bertz CT molecular complexity index is 456. The predicted octanol–water partition coefficient (Wildman–Crippen LogP) is 0.976. The molecule has 6 heteroatoms. The molecule has 1 aromatic rings. The summed E-state index contributed by atoms with van der Waals surface area (Å²) in [4.78, 5) is 26.9. The van der Waals surface area contributed by atoms with Crippen LogP contribution in [0.3, 0.4) is 0 Å². The zero-order valence-corrected chi connectivity index (χ0v) is 11.4. The lowest BCUT2D eigenvalue weighted by Gasteiger charge is -2.33. The number of carbonyl (C=O) groups excluding carboxylic acids is 2. The van der Waals surface area contributed by atoms with E-state index in [1.807, 2.05) is 18.2 Å². The molecule has 0 spiro atoms. The number of amides is 2. The first-order valence-electron chi connectivity index (χ1n) is 6.49. The van der Waals surface area contributed by atoms with Crippen LogP contribution >= 0.6 is 0 Å². The summed E-state index contributed by atoms with van der Waals surface area (Å²) in [5.41, 5.74) is 0. The molecule has 0 aliphatic carbocycles. The molecule has 20 heavy (non-hydrogen) atoms. The molecule has 0 radical (unpaired) electrons. The van der Waals surface area contributed by atoms with Crippen LogP contribution in [-0.2, 0) is 9.53 Å². The Hall–Kier alpha value is -2.08. The summed E-state index contributed by atoms with van der Waals surface area (Å²) in [6, 6.07) is 8.94. The normalized spacial score (nSPS) is 15.1. The van der Waals surface area contributed by atoms with Crippen LogP contribution in [0.4, 0.5) is 4.79 Å². The highest BCUT2D eigenvalue weighted by atomic mass is 16.6. The van der Waals surface area contributed by atoms with Crippen molar-refractivity contribution >= 4 is 12.0 Å². The summed E-state index contributed by atoms with van der Waals surface area (Å²) < 4.78 is 10.1. The molecule has 0 aromatic heterocycles. The second-order valence-corrected chi connectivity index (χ2v) is 4.48. The molecule has 0 saturated carbocycles. The number of piperazine rings is 1. The molecule has 0 bridgehead atoms. The first kappa shape index (κ1) is 14.3. The van der Waals surface area contributed by atoms with Gasteiger partial charge in [0.15, 0.2) is 0 Å². The number of benzene rings is 1. The summed E-state index contributed by atoms with van der Waals surface area (Å²) >= 11 is 0. The van der Waals surface area contributed by atoms with Gasteiger partial charge in [0.1, 0.15) is 12.4 Å². The first-order chi connectivity index (χ1) is 9.70. The van der Waals surface area contributed by atoms with E-state index in [0.717, 1.165) is 0 Å². The van der Waals surface area contributed by atoms with E-state index in [9.17, 15) is 9.59 Å². The van der Waals surface area contributed by atoms with Gasteiger partial charge in [-0.1, -0.05) is 18.2 Å². The molecular formula is C14H18N2O4. The highest BCUT2D eigenvalue weighted by Crippen LogP contribution is 2.11. The predicted molar refractivity (Wildman–Crippen MR) is 72.5 cm³/mol. The fraction of sp³-hybridized carbons (Fsp3) is 0.429. The Morgan fingerprint density at radius 1 is 1.05 bits per heavy atom. The molecule has 0 atom stereocenters. The molecule has 2 rings (SSSR count). The minimum absolute atomic E-state index is 0.0522. The molecular weight excluding hydrogens is 260 g/mol.